The normalized spacial score (nSPS) is 18.8. The smallest absolute Gasteiger partial charge is 0.328 e. The van der Waals surface area contributed by atoms with E-state index < -0.39 is 12.0 Å². The van der Waals surface area contributed by atoms with Crippen LogP contribution in [-0.4, -0.2) is 22.8 Å². The van der Waals surface area contributed by atoms with Crippen molar-refractivity contribution < 1.29 is 9.90 Å². The lowest BCUT2D eigenvalue weighted by molar-refractivity contribution is -0.138. The molecule has 0 amide bonds. The summed E-state index contributed by atoms with van der Waals surface area (Å²) >= 11 is 0. The lowest BCUT2D eigenvalue weighted by Gasteiger charge is -2.00. The number of aliphatic imine (C=N–C) groups is 1. The number of benzene rings is 1. The van der Waals surface area contributed by atoms with Gasteiger partial charge in [-0.15, -0.1) is 12.4 Å². The first-order chi connectivity index (χ1) is 7.16. The molecule has 1 atom stereocenters. The molecule has 1 aromatic carbocycles. The highest BCUT2D eigenvalue weighted by molar-refractivity contribution is 6.03. The Morgan fingerprint density at radius 3 is 2.50 bits per heavy atom. The number of hydrogen-bond acceptors (Lipinski definition) is 2. The Morgan fingerprint density at radius 2 is 2.00 bits per heavy atom. The van der Waals surface area contributed by atoms with Crippen LogP contribution in [-0.2, 0) is 4.79 Å². The Hall–Kier alpha value is -1.35. The van der Waals surface area contributed by atoms with Crippen molar-refractivity contribution >= 4 is 24.1 Å². The Morgan fingerprint density at radius 1 is 1.38 bits per heavy atom. The molecule has 0 bridgehead atoms. The van der Waals surface area contributed by atoms with Crippen LogP contribution in [0.1, 0.15) is 24.0 Å². The van der Waals surface area contributed by atoms with Crippen molar-refractivity contribution in [2.75, 3.05) is 0 Å². The van der Waals surface area contributed by atoms with Crippen LogP contribution < -0.4 is 0 Å². The van der Waals surface area contributed by atoms with Gasteiger partial charge in [-0.3, -0.25) is 4.99 Å². The van der Waals surface area contributed by atoms with Crippen molar-refractivity contribution in [2.45, 2.75) is 25.8 Å². The Bertz CT molecular complexity index is 412. The van der Waals surface area contributed by atoms with Gasteiger partial charge in [-0.2, -0.15) is 0 Å². The largest absolute Gasteiger partial charge is 0.480 e. The lowest BCUT2D eigenvalue weighted by Crippen LogP contribution is -2.13. The van der Waals surface area contributed by atoms with Gasteiger partial charge in [-0.25, -0.2) is 4.79 Å². The van der Waals surface area contributed by atoms with E-state index in [9.17, 15) is 4.79 Å². The van der Waals surface area contributed by atoms with Gasteiger partial charge in [0.05, 0.1) is 0 Å². The first-order valence-electron chi connectivity index (χ1n) is 5.03. The summed E-state index contributed by atoms with van der Waals surface area (Å²) in [6, 6.07) is 7.50. The fourth-order valence-corrected chi connectivity index (χ4v) is 1.73. The predicted octanol–water partition coefficient (Wildman–Crippen LogP) is 2.45. The van der Waals surface area contributed by atoms with E-state index >= 15 is 0 Å². The number of nitrogens with zero attached hydrogens (tertiary/aromatic N) is 1. The molecule has 2 rings (SSSR count). The van der Waals surface area contributed by atoms with Crippen molar-refractivity contribution in [3.8, 4) is 0 Å². The maximum atomic E-state index is 10.7. The molecule has 0 aromatic heterocycles. The van der Waals surface area contributed by atoms with Gasteiger partial charge >= 0.3 is 5.97 Å². The number of rotatable bonds is 2. The average molecular weight is 240 g/mol. The molecule has 1 aromatic rings. The number of carboxylic acids is 1. The minimum atomic E-state index is -0.822. The fraction of sp³-hybridized carbons (Fsp3) is 0.333. The van der Waals surface area contributed by atoms with Crippen molar-refractivity contribution in [2.24, 2.45) is 4.99 Å². The van der Waals surface area contributed by atoms with Crippen LogP contribution in [0.25, 0.3) is 0 Å². The van der Waals surface area contributed by atoms with E-state index in [0.29, 0.717) is 6.42 Å². The third kappa shape index (κ3) is 2.61. The molecule has 1 N–H and O–H groups in total. The van der Waals surface area contributed by atoms with Crippen molar-refractivity contribution in [1.82, 2.24) is 0 Å². The second-order valence-corrected chi connectivity index (χ2v) is 3.83. The number of carboxylic acid groups (broad SMARTS) is 1. The van der Waals surface area contributed by atoms with E-state index in [0.717, 1.165) is 17.7 Å². The van der Waals surface area contributed by atoms with Crippen LogP contribution in [0.4, 0.5) is 0 Å². The second-order valence-electron chi connectivity index (χ2n) is 3.83. The van der Waals surface area contributed by atoms with Crippen LogP contribution in [0.5, 0.6) is 0 Å². The summed E-state index contributed by atoms with van der Waals surface area (Å²) in [5.41, 5.74) is 3.17. The van der Waals surface area contributed by atoms with Gasteiger partial charge in [0.2, 0.25) is 0 Å². The van der Waals surface area contributed by atoms with Crippen molar-refractivity contribution in [3.05, 3.63) is 35.4 Å². The Kier molecular flexibility index (Phi) is 4.07. The third-order valence-electron chi connectivity index (χ3n) is 2.64. The molecule has 0 fully saturated rings. The molecular formula is C12H14ClNO2. The number of halogens is 1. The summed E-state index contributed by atoms with van der Waals surface area (Å²) in [5.74, 6) is -0.822. The Labute approximate surface area is 101 Å². The van der Waals surface area contributed by atoms with Crippen LogP contribution in [0.15, 0.2) is 29.3 Å². The number of hydrogen-bond donors (Lipinski definition) is 1. The van der Waals surface area contributed by atoms with Crippen LogP contribution in [0.2, 0.25) is 0 Å². The summed E-state index contributed by atoms with van der Waals surface area (Å²) in [5, 5.41) is 8.81. The van der Waals surface area contributed by atoms with Gasteiger partial charge in [0, 0.05) is 5.71 Å². The molecule has 0 saturated carbocycles. The highest BCUT2D eigenvalue weighted by Crippen LogP contribution is 2.19. The van der Waals surface area contributed by atoms with Gasteiger partial charge in [-0.05, 0) is 25.3 Å². The molecule has 0 radical (unpaired) electrons. The molecule has 4 heteroatoms. The zero-order valence-corrected chi connectivity index (χ0v) is 9.83. The maximum Gasteiger partial charge on any atom is 0.328 e. The molecule has 3 nitrogen and oxygen atoms in total. The number of aryl methyl sites for hydroxylation is 1. The van der Waals surface area contributed by atoms with E-state index in [1.54, 1.807) is 0 Å². The monoisotopic (exact) mass is 239 g/mol. The van der Waals surface area contributed by atoms with E-state index in [4.69, 9.17) is 5.11 Å². The van der Waals surface area contributed by atoms with Crippen LogP contribution in [0.3, 0.4) is 0 Å². The lowest BCUT2D eigenvalue weighted by atomic mass is 10.1. The summed E-state index contributed by atoms with van der Waals surface area (Å²) in [4.78, 5) is 14.9. The average Bonchev–Trinajstić information content (AvgIpc) is 2.68. The predicted molar refractivity (Wildman–Crippen MR) is 65.6 cm³/mol. The first-order valence-corrected chi connectivity index (χ1v) is 5.03. The summed E-state index contributed by atoms with van der Waals surface area (Å²) in [6.07, 6.45) is 1.39. The number of carbonyl (C=O) groups is 1. The zero-order chi connectivity index (χ0) is 10.8. The highest BCUT2D eigenvalue weighted by atomic mass is 35.5. The van der Waals surface area contributed by atoms with Crippen LogP contribution >= 0.6 is 12.4 Å². The van der Waals surface area contributed by atoms with E-state index in [1.165, 1.54) is 5.56 Å². The summed E-state index contributed by atoms with van der Waals surface area (Å²) < 4.78 is 0. The van der Waals surface area contributed by atoms with Crippen molar-refractivity contribution in [3.63, 3.8) is 0 Å². The molecule has 1 unspecified atom stereocenters. The third-order valence-corrected chi connectivity index (χ3v) is 2.64. The fourth-order valence-electron chi connectivity index (χ4n) is 1.73. The molecule has 1 heterocycles. The van der Waals surface area contributed by atoms with Gasteiger partial charge in [-0.1, -0.05) is 29.8 Å². The minimum absolute atomic E-state index is 0. The molecule has 0 spiro atoms. The zero-order valence-electron chi connectivity index (χ0n) is 9.01. The second kappa shape index (κ2) is 5.12. The van der Waals surface area contributed by atoms with Gasteiger partial charge in [0.1, 0.15) is 6.04 Å². The topological polar surface area (TPSA) is 49.7 Å². The molecule has 16 heavy (non-hydrogen) atoms. The maximum absolute atomic E-state index is 10.7. The summed E-state index contributed by atoms with van der Waals surface area (Å²) in [7, 11) is 0. The molecule has 0 saturated heterocycles. The van der Waals surface area contributed by atoms with Gasteiger partial charge in [0.25, 0.3) is 0 Å². The Balaban J connectivity index is 0.00000128. The minimum Gasteiger partial charge on any atom is -0.480 e. The molecule has 1 aliphatic rings. The quantitative estimate of drug-likeness (QED) is 0.862. The highest BCUT2D eigenvalue weighted by Gasteiger charge is 2.23. The number of aliphatic carboxylic acids is 1. The van der Waals surface area contributed by atoms with E-state index in [1.807, 2.05) is 31.2 Å². The molecule has 86 valence electrons. The van der Waals surface area contributed by atoms with Crippen LogP contribution in [0, 0.1) is 6.92 Å². The van der Waals surface area contributed by atoms with E-state index in [2.05, 4.69) is 4.99 Å². The molecule has 0 aliphatic carbocycles. The van der Waals surface area contributed by atoms with Gasteiger partial charge in [0.15, 0.2) is 0 Å². The summed E-state index contributed by atoms with van der Waals surface area (Å²) in [6.45, 7) is 2.03. The molecule has 1 aliphatic heterocycles. The first kappa shape index (κ1) is 12.7. The molecular weight excluding hydrogens is 226 g/mol. The van der Waals surface area contributed by atoms with Crippen molar-refractivity contribution in [1.29, 1.82) is 0 Å². The standard InChI is InChI=1S/C12H13NO2.ClH/c1-8-2-4-9(5-3-8)10-6-7-11(13-10)12(14)15;/h2-5,11H,6-7H2,1H3,(H,14,15);1H. The van der Waals surface area contributed by atoms with Gasteiger partial charge < -0.3 is 5.11 Å². The SMILES string of the molecule is Cc1ccc(C2=NC(C(=O)O)CC2)cc1.Cl. The van der Waals surface area contributed by atoms with E-state index in [-0.39, 0.29) is 12.4 Å².